The highest BCUT2D eigenvalue weighted by molar-refractivity contribution is 7.92. The van der Waals surface area contributed by atoms with Crippen LogP contribution in [-0.2, 0) is 19.4 Å². The van der Waals surface area contributed by atoms with Gasteiger partial charge in [-0.1, -0.05) is 12.8 Å². The molecule has 0 aromatic heterocycles. The Morgan fingerprint density at radius 3 is 2.43 bits per heavy atom. The van der Waals surface area contributed by atoms with E-state index in [0.717, 1.165) is 25.7 Å². The summed E-state index contributed by atoms with van der Waals surface area (Å²) in [7, 11) is -2.05. The number of methoxy groups -OCH3 is 1. The van der Waals surface area contributed by atoms with E-state index in [1.165, 1.54) is 7.11 Å². The first-order valence-corrected chi connectivity index (χ1v) is 6.63. The van der Waals surface area contributed by atoms with Crippen molar-refractivity contribution in [2.24, 2.45) is 5.92 Å². The largest absolute Gasteiger partial charge is 0.468 e. The molecule has 0 aliphatic heterocycles. The molecule has 4 nitrogen and oxygen atoms in total. The lowest BCUT2D eigenvalue weighted by Gasteiger charge is -2.08. The first kappa shape index (κ1) is 11.5. The van der Waals surface area contributed by atoms with Crippen LogP contribution >= 0.6 is 0 Å². The summed E-state index contributed by atoms with van der Waals surface area (Å²) in [6, 6.07) is 0. The summed E-state index contributed by atoms with van der Waals surface area (Å²) in [5.74, 6) is -0.741. The van der Waals surface area contributed by atoms with Crippen molar-refractivity contribution in [1.82, 2.24) is 0 Å². The molecule has 0 amide bonds. The van der Waals surface area contributed by atoms with Crippen molar-refractivity contribution < 1.29 is 17.9 Å². The highest BCUT2D eigenvalue weighted by atomic mass is 32.2. The van der Waals surface area contributed by atoms with Gasteiger partial charge >= 0.3 is 5.97 Å². The van der Waals surface area contributed by atoms with Crippen molar-refractivity contribution >= 4 is 15.8 Å². The van der Waals surface area contributed by atoms with Gasteiger partial charge in [-0.3, -0.25) is 4.79 Å². The van der Waals surface area contributed by atoms with Gasteiger partial charge in [0.15, 0.2) is 9.84 Å². The van der Waals surface area contributed by atoms with Crippen molar-refractivity contribution in [3.63, 3.8) is 0 Å². The Balaban J connectivity index is 2.44. The number of sulfone groups is 1. The van der Waals surface area contributed by atoms with Crippen molar-refractivity contribution in [2.75, 3.05) is 18.6 Å². The third-order valence-corrected chi connectivity index (χ3v) is 4.18. The van der Waals surface area contributed by atoms with E-state index < -0.39 is 21.6 Å². The lowest BCUT2D eigenvalue weighted by atomic mass is 10.1. The summed E-state index contributed by atoms with van der Waals surface area (Å²) >= 11 is 0. The molecule has 0 radical (unpaired) electrons. The van der Waals surface area contributed by atoms with Crippen LogP contribution in [0.4, 0.5) is 0 Å². The Morgan fingerprint density at radius 2 is 1.93 bits per heavy atom. The number of ether oxygens (including phenoxy) is 1. The van der Waals surface area contributed by atoms with E-state index in [2.05, 4.69) is 4.74 Å². The minimum Gasteiger partial charge on any atom is -0.468 e. The van der Waals surface area contributed by atoms with Crippen LogP contribution in [0.5, 0.6) is 0 Å². The molecule has 0 aromatic rings. The summed E-state index contributed by atoms with van der Waals surface area (Å²) < 4.78 is 27.2. The number of carbonyl (C=O) groups is 1. The van der Waals surface area contributed by atoms with Crippen LogP contribution in [0.1, 0.15) is 25.7 Å². The van der Waals surface area contributed by atoms with Gasteiger partial charge in [-0.2, -0.15) is 0 Å². The molecule has 0 saturated heterocycles. The quantitative estimate of drug-likeness (QED) is 0.656. The fourth-order valence-corrected chi connectivity index (χ4v) is 3.48. The zero-order valence-electron chi connectivity index (χ0n) is 8.36. The Bertz CT molecular complexity index is 288. The van der Waals surface area contributed by atoms with E-state index in [0.29, 0.717) is 0 Å². The minimum atomic E-state index is -3.25. The van der Waals surface area contributed by atoms with Crippen molar-refractivity contribution in [2.45, 2.75) is 25.7 Å². The molecular formula is C9H16O4S. The highest BCUT2D eigenvalue weighted by Gasteiger charge is 2.24. The lowest BCUT2D eigenvalue weighted by Crippen LogP contribution is -2.23. The van der Waals surface area contributed by atoms with E-state index in [1.54, 1.807) is 0 Å². The summed E-state index contributed by atoms with van der Waals surface area (Å²) in [4.78, 5) is 10.8. The lowest BCUT2D eigenvalue weighted by molar-refractivity contribution is -0.137. The number of hydrogen-bond acceptors (Lipinski definition) is 4. The van der Waals surface area contributed by atoms with Crippen LogP contribution < -0.4 is 0 Å². The predicted molar refractivity (Wildman–Crippen MR) is 52.6 cm³/mol. The van der Waals surface area contributed by atoms with Gasteiger partial charge in [-0.15, -0.1) is 0 Å². The van der Waals surface area contributed by atoms with Crippen molar-refractivity contribution in [3.8, 4) is 0 Å². The molecular weight excluding hydrogens is 204 g/mol. The first-order chi connectivity index (χ1) is 6.53. The topological polar surface area (TPSA) is 60.4 Å². The SMILES string of the molecule is COC(=O)CS(=O)(=O)CC1CCCC1. The second-order valence-electron chi connectivity index (χ2n) is 3.78. The molecule has 0 bridgehead atoms. The van der Waals surface area contributed by atoms with E-state index in [1.807, 2.05) is 0 Å². The summed E-state index contributed by atoms with van der Waals surface area (Å²) in [5.41, 5.74) is 0. The van der Waals surface area contributed by atoms with Gasteiger partial charge in [-0.05, 0) is 18.8 Å². The fraction of sp³-hybridized carbons (Fsp3) is 0.889. The van der Waals surface area contributed by atoms with Gasteiger partial charge in [0.1, 0.15) is 5.75 Å². The van der Waals surface area contributed by atoms with Gasteiger partial charge in [0.25, 0.3) is 0 Å². The van der Waals surface area contributed by atoms with E-state index >= 15 is 0 Å². The third-order valence-electron chi connectivity index (χ3n) is 2.53. The molecule has 0 aromatic carbocycles. The van der Waals surface area contributed by atoms with E-state index in [-0.39, 0.29) is 11.7 Å². The zero-order valence-corrected chi connectivity index (χ0v) is 9.18. The molecule has 0 heterocycles. The molecule has 1 aliphatic rings. The molecule has 1 saturated carbocycles. The molecule has 82 valence electrons. The maximum atomic E-state index is 11.5. The smallest absolute Gasteiger partial charge is 0.320 e. The van der Waals surface area contributed by atoms with Gasteiger partial charge in [0.05, 0.1) is 12.9 Å². The number of carbonyl (C=O) groups excluding carboxylic acids is 1. The van der Waals surface area contributed by atoms with Gasteiger partial charge in [0.2, 0.25) is 0 Å². The van der Waals surface area contributed by atoms with Gasteiger partial charge < -0.3 is 4.74 Å². The molecule has 0 spiro atoms. The number of esters is 1. The highest BCUT2D eigenvalue weighted by Crippen LogP contribution is 2.26. The second kappa shape index (κ2) is 4.77. The summed E-state index contributed by atoms with van der Waals surface area (Å²) in [6.07, 6.45) is 4.16. The van der Waals surface area contributed by atoms with Gasteiger partial charge in [0, 0.05) is 0 Å². The zero-order chi connectivity index (χ0) is 10.6. The van der Waals surface area contributed by atoms with E-state index in [9.17, 15) is 13.2 Å². The van der Waals surface area contributed by atoms with Gasteiger partial charge in [-0.25, -0.2) is 8.42 Å². The van der Waals surface area contributed by atoms with E-state index in [4.69, 9.17) is 0 Å². The van der Waals surface area contributed by atoms with Crippen LogP contribution in [0.3, 0.4) is 0 Å². The first-order valence-electron chi connectivity index (χ1n) is 4.81. The second-order valence-corrected chi connectivity index (χ2v) is 5.89. The average molecular weight is 220 g/mol. The average Bonchev–Trinajstić information content (AvgIpc) is 2.54. The summed E-state index contributed by atoms with van der Waals surface area (Å²) in [5, 5.41) is 0. The molecule has 1 aliphatic carbocycles. The minimum absolute atomic E-state index is 0.141. The number of rotatable bonds is 4. The molecule has 1 rings (SSSR count). The maximum Gasteiger partial charge on any atom is 0.320 e. The van der Waals surface area contributed by atoms with Crippen molar-refractivity contribution in [1.29, 1.82) is 0 Å². The van der Waals surface area contributed by atoms with Crippen molar-refractivity contribution in [3.05, 3.63) is 0 Å². The molecule has 1 fully saturated rings. The Labute approximate surface area is 84.6 Å². The standard InChI is InChI=1S/C9H16O4S/c1-13-9(10)7-14(11,12)6-8-4-2-3-5-8/h8H,2-7H2,1H3. The molecule has 14 heavy (non-hydrogen) atoms. The maximum absolute atomic E-state index is 11.5. The van der Waals surface area contributed by atoms with Crippen LogP contribution in [-0.4, -0.2) is 33.0 Å². The molecule has 5 heteroatoms. The molecule has 0 atom stereocenters. The molecule has 0 unspecified atom stereocenters. The molecule has 0 N–H and O–H groups in total. The third kappa shape index (κ3) is 3.65. The summed E-state index contributed by atoms with van der Waals surface area (Å²) in [6.45, 7) is 0. The van der Waals surface area contributed by atoms with Crippen LogP contribution in [0.2, 0.25) is 0 Å². The predicted octanol–water partition coefficient (Wildman–Crippen LogP) is 0.764. The normalized spacial score (nSPS) is 18.4. The number of hydrogen-bond donors (Lipinski definition) is 0. The van der Waals surface area contributed by atoms with Crippen LogP contribution in [0, 0.1) is 5.92 Å². The Kier molecular flexibility index (Phi) is 3.92. The van der Waals surface area contributed by atoms with Crippen LogP contribution in [0.25, 0.3) is 0 Å². The fourth-order valence-electron chi connectivity index (χ4n) is 1.83. The van der Waals surface area contributed by atoms with Crippen LogP contribution in [0.15, 0.2) is 0 Å². The Morgan fingerprint density at radius 1 is 1.36 bits per heavy atom. The monoisotopic (exact) mass is 220 g/mol. The Hall–Kier alpha value is -0.580.